The lowest BCUT2D eigenvalue weighted by atomic mass is 9.92. The van der Waals surface area contributed by atoms with E-state index in [9.17, 15) is 4.79 Å². The summed E-state index contributed by atoms with van der Waals surface area (Å²) in [7, 11) is 0. The first kappa shape index (κ1) is 16.6. The number of benzene rings is 1. The van der Waals surface area contributed by atoms with Crippen molar-refractivity contribution in [3.8, 4) is 0 Å². The predicted molar refractivity (Wildman–Crippen MR) is 99.7 cm³/mol. The molecular weight excluding hydrogens is 332 g/mol. The summed E-state index contributed by atoms with van der Waals surface area (Å²) in [6, 6.07) is 13.7. The number of ether oxygens (including phenoxy) is 1. The van der Waals surface area contributed by atoms with Gasteiger partial charge in [-0.3, -0.25) is 9.78 Å². The monoisotopic (exact) mass is 354 g/mol. The van der Waals surface area contributed by atoms with E-state index in [-0.39, 0.29) is 16.8 Å². The molecule has 1 aromatic heterocycles. The van der Waals surface area contributed by atoms with Gasteiger partial charge in [0.15, 0.2) is 0 Å². The van der Waals surface area contributed by atoms with Gasteiger partial charge in [0.2, 0.25) is 0 Å². The van der Waals surface area contributed by atoms with Crippen molar-refractivity contribution in [3.63, 3.8) is 0 Å². The van der Waals surface area contributed by atoms with Gasteiger partial charge in [0.25, 0.3) is 5.91 Å². The normalized spacial score (nSPS) is 21.3. The number of amides is 1. The van der Waals surface area contributed by atoms with Crippen molar-refractivity contribution in [2.45, 2.75) is 30.8 Å². The molecule has 2 aliphatic rings. The lowest BCUT2D eigenvalue weighted by Gasteiger charge is -2.47. The Bertz CT molecular complexity index is 742. The van der Waals surface area contributed by atoms with Crippen LogP contribution in [0.3, 0.4) is 0 Å². The van der Waals surface area contributed by atoms with E-state index in [2.05, 4.69) is 4.98 Å². The van der Waals surface area contributed by atoms with E-state index in [0.29, 0.717) is 6.61 Å². The predicted octanol–water partition coefficient (Wildman–Crippen LogP) is 3.31. The molecule has 0 radical (unpaired) electrons. The zero-order chi connectivity index (χ0) is 17.3. The van der Waals surface area contributed by atoms with Gasteiger partial charge in [0.1, 0.15) is 0 Å². The zero-order valence-electron chi connectivity index (χ0n) is 14.4. The first-order valence-electron chi connectivity index (χ1n) is 8.65. The smallest absolute Gasteiger partial charge is 0.253 e. The summed E-state index contributed by atoms with van der Waals surface area (Å²) in [5.74, 6) is 1.14. The number of pyridine rings is 1. The van der Waals surface area contributed by atoms with Crippen LogP contribution in [0.5, 0.6) is 0 Å². The largest absolute Gasteiger partial charge is 0.371 e. The second kappa shape index (κ2) is 6.81. The van der Waals surface area contributed by atoms with E-state index in [0.717, 1.165) is 36.5 Å². The van der Waals surface area contributed by atoms with Crippen molar-refractivity contribution >= 4 is 17.7 Å². The highest BCUT2D eigenvalue weighted by Crippen LogP contribution is 2.46. The maximum absolute atomic E-state index is 12.5. The number of carbonyl (C=O) groups excluding carboxylic acids is 1. The Morgan fingerprint density at radius 1 is 1.28 bits per heavy atom. The highest BCUT2D eigenvalue weighted by molar-refractivity contribution is 8.01. The highest BCUT2D eigenvalue weighted by Gasteiger charge is 2.50. The Kier molecular flexibility index (Phi) is 4.52. The quantitative estimate of drug-likeness (QED) is 0.845. The number of aryl methyl sites for hydroxylation is 1. The van der Waals surface area contributed by atoms with Crippen molar-refractivity contribution in [3.05, 3.63) is 65.5 Å². The first-order chi connectivity index (χ1) is 12.1. The Hall–Kier alpha value is -1.85. The molecule has 3 heterocycles. The molecule has 0 bridgehead atoms. The highest BCUT2D eigenvalue weighted by atomic mass is 32.2. The van der Waals surface area contributed by atoms with Gasteiger partial charge in [-0.2, -0.15) is 0 Å². The number of carbonyl (C=O) groups is 1. The van der Waals surface area contributed by atoms with Crippen LogP contribution >= 0.6 is 11.8 Å². The van der Waals surface area contributed by atoms with Gasteiger partial charge in [0.05, 0.1) is 23.2 Å². The summed E-state index contributed by atoms with van der Waals surface area (Å²) in [6.45, 7) is 4.25. The standard InChI is InChI=1S/C20H22N2O2S/c1-15-5-7-16(8-6-15)19(23)22-13-20(14-22)10-18(12-25-20)24-11-17-4-2-3-9-21-17/h2-9,18H,10-14H2,1H3/t18-/m1/s1. The Morgan fingerprint density at radius 3 is 2.80 bits per heavy atom. The minimum atomic E-state index is 0.143. The topological polar surface area (TPSA) is 42.4 Å². The van der Waals surface area contributed by atoms with Crippen LogP contribution in [-0.4, -0.2) is 45.5 Å². The van der Waals surface area contributed by atoms with Crippen molar-refractivity contribution in [1.29, 1.82) is 0 Å². The van der Waals surface area contributed by atoms with Gasteiger partial charge >= 0.3 is 0 Å². The van der Waals surface area contributed by atoms with E-state index in [4.69, 9.17) is 4.74 Å². The molecule has 1 amide bonds. The summed E-state index contributed by atoms with van der Waals surface area (Å²) in [5.41, 5.74) is 2.93. The van der Waals surface area contributed by atoms with Crippen LogP contribution in [0.2, 0.25) is 0 Å². The number of aromatic nitrogens is 1. The molecule has 4 rings (SSSR count). The molecular formula is C20H22N2O2S. The van der Waals surface area contributed by atoms with Crippen LogP contribution in [0.4, 0.5) is 0 Å². The summed E-state index contributed by atoms with van der Waals surface area (Å²) >= 11 is 1.95. The summed E-state index contributed by atoms with van der Waals surface area (Å²) < 4.78 is 6.22. The zero-order valence-corrected chi connectivity index (χ0v) is 15.2. The molecule has 2 aliphatic heterocycles. The van der Waals surface area contributed by atoms with E-state index in [1.807, 2.05) is 66.1 Å². The molecule has 1 atom stereocenters. The maximum atomic E-state index is 12.5. The van der Waals surface area contributed by atoms with Crippen molar-refractivity contribution < 1.29 is 9.53 Å². The van der Waals surface area contributed by atoms with Crippen LogP contribution in [0.25, 0.3) is 0 Å². The van der Waals surface area contributed by atoms with E-state index >= 15 is 0 Å². The minimum Gasteiger partial charge on any atom is -0.371 e. The Morgan fingerprint density at radius 2 is 2.08 bits per heavy atom. The molecule has 2 fully saturated rings. The molecule has 2 saturated heterocycles. The van der Waals surface area contributed by atoms with E-state index < -0.39 is 0 Å². The van der Waals surface area contributed by atoms with Crippen LogP contribution in [0.1, 0.15) is 28.0 Å². The van der Waals surface area contributed by atoms with Gasteiger partial charge in [-0.15, -0.1) is 11.8 Å². The van der Waals surface area contributed by atoms with Gasteiger partial charge in [-0.05, 0) is 37.6 Å². The molecule has 25 heavy (non-hydrogen) atoms. The number of hydrogen-bond donors (Lipinski definition) is 0. The minimum absolute atomic E-state index is 0.143. The fourth-order valence-corrected chi connectivity index (χ4v) is 5.04. The second-order valence-electron chi connectivity index (χ2n) is 6.98. The van der Waals surface area contributed by atoms with Gasteiger partial charge < -0.3 is 9.64 Å². The molecule has 0 N–H and O–H groups in total. The van der Waals surface area contributed by atoms with Crippen molar-refractivity contribution in [2.24, 2.45) is 0 Å². The Labute approximate surface area is 152 Å². The molecule has 5 heteroatoms. The van der Waals surface area contributed by atoms with Gasteiger partial charge in [0, 0.05) is 30.6 Å². The fourth-order valence-electron chi connectivity index (χ4n) is 3.49. The van der Waals surface area contributed by atoms with Gasteiger partial charge in [-0.1, -0.05) is 23.8 Å². The fraction of sp³-hybridized carbons (Fsp3) is 0.400. The van der Waals surface area contributed by atoms with Crippen LogP contribution in [0, 0.1) is 6.92 Å². The third kappa shape index (κ3) is 3.58. The lowest BCUT2D eigenvalue weighted by Crippen LogP contribution is -2.60. The molecule has 1 spiro atoms. The number of hydrogen-bond acceptors (Lipinski definition) is 4. The third-order valence-corrected chi connectivity index (χ3v) is 6.49. The van der Waals surface area contributed by atoms with E-state index in [1.54, 1.807) is 6.20 Å². The van der Waals surface area contributed by atoms with Crippen LogP contribution < -0.4 is 0 Å². The van der Waals surface area contributed by atoms with Crippen LogP contribution in [-0.2, 0) is 11.3 Å². The maximum Gasteiger partial charge on any atom is 0.253 e. The first-order valence-corrected chi connectivity index (χ1v) is 9.64. The molecule has 0 unspecified atom stereocenters. The summed E-state index contributed by atoms with van der Waals surface area (Å²) in [6.07, 6.45) is 3.07. The average molecular weight is 354 g/mol. The molecule has 1 aromatic carbocycles. The molecule has 130 valence electrons. The summed E-state index contributed by atoms with van der Waals surface area (Å²) in [5, 5.41) is 0. The average Bonchev–Trinajstić information content (AvgIpc) is 3.04. The SMILES string of the molecule is Cc1ccc(C(=O)N2CC3(C[C@@H](OCc4ccccn4)CS3)C2)cc1. The second-order valence-corrected chi connectivity index (χ2v) is 8.47. The summed E-state index contributed by atoms with van der Waals surface area (Å²) in [4.78, 5) is 18.8. The molecule has 2 aromatic rings. The Balaban J connectivity index is 1.28. The van der Waals surface area contributed by atoms with Crippen LogP contribution in [0.15, 0.2) is 48.7 Å². The molecule has 4 nitrogen and oxygen atoms in total. The lowest BCUT2D eigenvalue weighted by molar-refractivity contribution is 0.0245. The molecule has 0 saturated carbocycles. The third-order valence-electron chi connectivity index (χ3n) is 4.91. The number of thioether (sulfide) groups is 1. The molecule has 0 aliphatic carbocycles. The van der Waals surface area contributed by atoms with Crippen molar-refractivity contribution in [1.82, 2.24) is 9.88 Å². The van der Waals surface area contributed by atoms with E-state index in [1.165, 1.54) is 5.56 Å². The van der Waals surface area contributed by atoms with Crippen molar-refractivity contribution in [2.75, 3.05) is 18.8 Å². The number of likely N-dealkylation sites (tertiary alicyclic amines) is 1. The number of rotatable bonds is 4. The number of nitrogens with zero attached hydrogens (tertiary/aromatic N) is 2. The van der Waals surface area contributed by atoms with Gasteiger partial charge in [-0.25, -0.2) is 0 Å².